The van der Waals surface area contributed by atoms with Crippen LogP contribution in [0.4, 0.5) is 4.39 Å². The predicted molar refractivity (Wildman–Crippen MR) is 78.2 cm³/mol. The molecule has 0 saturated heterocycles. The minimum Gasteiger partial charge on any atom is -0.504 e. The maximum atomic E-state index is 14.2. The first-order chi connectivity index (χ1) is 10.4. The van der Waals surface area contributed by atoms with Crippen LogP contribution in [-0.4, -0.2) is 29.1 Å². The summed E-state index contributed by atoms with van der Waals surface area (Å²) in [4.78, 5) is 23.7. The second-order valence-electron chi connectivity index (χ2n) is 5.26. The first-order valence-corrected chi connectivity index (χ1v) is 7.51. The van der Waals surface area contributed by atoms with Crippen LogP contribution in [0.1, 0.15) is 22.5 Å². The molecule has 1 saturated carbocycles. The molecule has 0 amide bonds. The normalized spacial score (nSPS) is 20.6. The maximum Gasteiger partial charge on any atom is 0.307 e. The van der Waals surface area contributed by atoms with Crippen LogP contribution < -0.4 is 4.74 Å². The summed E-state index contributed by atoms with van der Waals surface area (Å²) in [6, 6.07) is 2.74. The number of carboxylic acids is 1. The summed E-state index contributed by atoms with van der Waals surface area (Å²) >= 11 is 1.05. The Hall–Kier alpha value is -2.15. The van der Waals surface area contributed by atoms with Crippen LogP contribution in [0.3, 0.4) is 0 Å². The number of methoxy groups -OCH3 is 1. The molecule has 1 aliphatic rings. The van der Waals surface area contributed by atoms with E-state index in [1.54, 1.807) is 0 Å². The van der Waals surface area contributed by atoms with Crippen LogP contribution in [-0.2, 0) is 4.79 Å². The Bertz CT molecular complexity index is 782. The van der Waals surface area contributed by atoms with Gasteiger partial charge < -0.3 is 14.9 Å². The number of carbonyl (C=O) groups is 2. The zero-order valence-corrected chi connectivity index (χ0v) is 12.4. The Balaban J connectivity index is 2.01. The highest BCUT2D eigenvalue weighted by Crippen LogP contribution is 2.42. The highest BCUT2D eigenvalue weighted by Gasteiger charge is 2.42. The number of rotatable bonds is 4. The van der Waals surface area contributed by atoms with Gasteiger partial charge in [0.05, 0.1) is 17.9 Å². The summed E-state index contributed by atoms with van der Waals surface area (Å²) in [6.45, 7) is 0. The maximum absolute atomic E-state index is 14.2. The number of halogens is 1. The van der Waals surface area contributed by atoms with Crippen LogP contribution in [0.15, 0.2) is 12.1 Å². The zero-order chi connectivity index (χ0) is 16.0. The first-order valence-electron chi connectivity index (χ1n) is 6.70. The van der Waals surface area contributed by atoms with Crippen molar-refractivity contribution >= 4 is 33.2 Å². The minimum atomic E-state index is -0.976. The molecule has 0 bridgehead atoms. The van der Waals surface area contributed by atoms with Crippen molar-refractivity contribution in [2.75, 3.05) is 7.11 Å². The SMILES string of the molecule is COc1c(O)cc2sc(C(=O)[C@H]3CC[C@@H]3C(=O)O)cc2c1F. The number of Topliss-reactive ketones (excluding diaryl/α,β-unsaturated/α-hetero) is 1. The van der Waals surface area contributed by atoms with Crippen molar-refractivity contribution < 1.29 is 28.9 Å². The monoisotopic (exact) mass is 324 g/mol. The van der Waals surface area contributed by atoms with Gasteiger partial charge in [-0.1, -0.05) is 0 Å². The number of carbonyl (C=O) groups excluding carboxylic acids is 1. The van der Waals surface area contributed by atoms with E-state index in [0.29, 0.717) is 22.4 Å². The van der Waals surface area contributed by atoms with Crippen molar-refractivity contribution in [3.8, 4) is 11.5 Å². The number of ether oxygens (including phenoxy) is 1. The third kappa shape index (κ3) is 2.12. The van der Waals surface area contributed by atoms with Gasteiger partial charge in [-0.3, -0.25) is 9.59 Å². The summed E-state index contributed by atoms with van der Waals surface area (Å²) < 4.78 is 19.4. The lowest BCUT2D eigenvalue weighted by atomic mass is 9.71. The van der Waals surface area contributed by atoms with E-state index >= 15 is 0 Å². The molecule has 2 aromatic rings. The van der Waals surface area contributed by atoms with Crippen LogP contribution >= 0.6 is 11.3 Å². The number of phenols is 1. The van der Waals surface area contributed by atoms with Gasteiger partial charge in [0.15, 0.2) is 23.1 Å². The molecule has 3 rings (SSSR count). The highest BCUT2D eigenvalue weighted by molar-refractivity contribution is 7.20. The molecule has 0 spiro atoms. The summed E-state index contributed by atoms with van der Waals surface area (Å²) in [5.74, 6) is -3.79. The van der Waals surface area contributed by atoms with Gasteiger partial charge in [-0.05, 0) is 18.9 Å². The van der Waals surface area contributed by atoms with E-state index in [1.165, 1.54) is 19.2 Å². The van der Waals surface area contributed by atoms with Gasteiger partial charge in [0.1, 0.15) is 0 Å². The second kappa shape index (κ2) is 5.24. The molecule has 2 atom stereocenters. The highest BCUT2D eigenvalue weighted by atomic mass is 32.1. The molecular weight excluding hydrogens is 311 g/mol. The molecule has 1 aliphatic carbocycles. The topological polar surface area (TPSA) is 83.8 Å². The fraction of sp³-hybridized carbons (Fsp3) is 0.333. The molecule has 1 aromatic heterocycles. The third-order valence-corrected chi connectivity index (χ3v) is 5.17. The summed E-state index contributed by atoms with van der Waals surface area (Å²) in [5, 5.41) is 18.9. The van der Waals surface area contributed by atoms with E-state index in [-0.39, 0.29) is 22.7 Å². The van der Waals surface area contributed by atoms with Crippen molar-refractivity contribution in [2.24, 2.45) is 11.8 Å². The smallest absolute Gasteiger partial charge is 0.307 e. The quantitative estimate of drug-likeness (QED) is 0.845. The Kier molecular flexibility index (Phi) is 3.52. The van der Waals surface area contributed by atoms with Gasteiger partial charge in [-0.2, -0.15) is 0 Å². The number of ketones is 1. The summed E-state index contributed by atoms with van der Waals surface area (Å²) in [6.07, 6.45) is 1.01. The first kappa shape index (κ1) is 14.8. The fourth-order valence-electron chi connectivity index (χ4n) is 2.72. The van der Waals surface area contributed by atoms with Crippen molar-refractivity contribution in [3.63, 3.8) is 0 Å². The molecule has 116 valence electrons. The van der Waals surface area contributed by atoms with E-state index in [1.807, 2.05) is 0 Å². The van der Waals surface area contributed by atoms with Gasteiger partial charge >= 0.3 is 5.97 Å². The molecule has 0 unspecified atom stereocenters. The summed E-state index contributed by atoms with van der Waals surface area (Å²) in [5.41, 5.74) is 0. The Morgan fingerprint density at radius 3 is 2.55 bits per heavy atom. The summed E-state index contributed by atoms with van der Waals surface area (Å²) in [7, 11) is 1.24. The number of hydrogen-bond donors (Lipinski definition) is 2. The van der Waals surface area contributed by atoms with E-state index in [2.05, 4.69) is 0 Å². The van der Waals surface area contributed by atoms with Crippen LogP contribution in [0.2, 0.25) is 0 Å². The molecule has 7 heteroatoms. The Morgan fingerprint density at radius 1 is 1.32 bits per heavy atom. The standard InChI is InChI=1S/C15H13FO5S/c1-21-14-9(17)5-10-8(12(14)16)4-11(22-10)13(18)6-2-3-7(6)15(19)20/h4-7,17H,2-3H2,1H3,(H,19,20)/t6-,7-/m0/s1. The lowest BCUT2D eigenvalue weighted by molar-refractivity contribution is -0.146. The number of thiophene rings is 1. The fourth-order valence-corrected chi connectivity index (χ4v) is 3.81. The zero-order valence-electron chi connectivity index (χ0n) is 11.6. The average molecular weight is 324 g/mol. The van der Waals surface area contributed by atoms with Gasteiger partial charge in [0, 0.05) is 22.1 Å². The number of aromatic hydroxyl groups is 1. The van der Waals surface area contributed by atoms with Gasteiger partial charge in [0.2, 0.25) is 0 Å². The van der Waals surface area contributed by atoms with Crippen molar-refractivity contribution in [2.45, 2.75) is 12.8 Å². The lowest BCUT2D eigenvalue weighted by Gasteiger charge is -2.31. The number of fused-ring (bicyclic) bond motifs is 1. The number of phenolic OH excluding ortho intramolecular Hbond substituents is 1. The Labute approximate surface area is 128 Å². The van der Waals surface area contributed by atoms with Crippen molar-refractivity contribution in [3.05, 3.63) is 22.8 Å². The van der Waals surface area contributed by atoms with Gasteiger partial charge in [-0.15, -0.1) is 11.3 Å². The molecule has 1 heterocycles. The van der Waals surface area contributed by atoms with E-state index in [4.69, 9.17) is 9.84 Å². The third-order valence-electron chi connectivity index (χ3n) is 4.07. The molecule has 1 aromatic carbocycles. The van der Waals surface area contributed by atoms with Crippen LogP contribution in [0, 0.1) is 17.7 Å². The molecule has 2 N–H and O–H groups in total. The number of hydrogen-bond acceptors (Lipinski definition) is 5. The largest absolute Gasteiger partial charge is 0.504 e. The minimum absolute atomic E-state index is 0.189. The molecule has 0 aliphatic heterocycles. The van der Waals surface area contributed by atoms with Crippen LogP contribution in [0.5, 0.6) is 11.5 Å². The molecule has 1 fully saturated rings. The predicted octanol–water partition coefficient (Wildman–Crippen LogP) is 3.05. The van der Waals surface area contributed by atoms with E-state index in [0.717, 1.165) is 11.3 Å². The second-order valence-corrected chi connectivity index (χ2v) is 6.34. The number of aliphatic carboxylic acids is 1. The van der Waals surface area contributed by atoms with Gasteiger partial charge in [-0.25, -0.2) is 4.39 Å². The molecule has 0 radical (unpaired) electrons. The lowest BCUT2D eigenvalue weighted by Crippen LogP contribution is -2.37. The Morgan fingerprint density at radius 2 is 2.00 bits per heavy atom. The van der Waals surface area contributed by atoms with Crippen LogP contribution in [0.25, 0.3) is 10.1 Å². The molecule has 5 nitrogen and oxygen atoms in total. The van der Waals surface area contributed by atoms with Gasteiger partial charge in [0.25, 0.3) is 0 Å². The number of benzene rings is 1. The van der Waals surface area contributed by atoms with Crippen molar-refractivity contribution in [1.82, 2.24) is 0 Å². The van der Waals surface area contributed by atoms with E-state index < -0.39 is 23.6 Å². The number of carboxylic acid groups (broad SMARTS) is 1. The molecular formula is C15H13FO5S. The van der Waals surface area contributed by atoms with E-state index in [9.17, 15) is 19.1 Å². The van der Waals surface area contributed by atoms with Crippen molar-refractivity contribution in [1.29, 1.82) is 0 Å². The molecule has 22 heavy (non-hydrogen) atoms. The average Bonchev–Trinajstić information content (AvgIpc) is 2.81.